The predicted octanol–water partition coefficient (Wildman–Crippen LogP) is 2.73. The minimum absolute atomic E-state index is 0.0853. The maximum absolute atomic E-state index is 13.6. The zero-order valence-electron chi connectivity index (χ0n) is 10.1. The molecule has 0 spiro atoms. The first-order valence-electron chi connectivity index (χ1n) is 5.42. The number of benzene rings is 1. The third-order valence-corrected chi connectivity index (χ3v) is 4.89. The van der Waals surface area contributed by atoms with Gasteiger partial charge in [0.05, 0.1) is 0 Å². The summed E-state index contributed by atoms with van der Waals surface area (Å²) in [5.74, 6) is -2.66. The van der Waals surface area contributed by atoms with E-state index >= 15 is 0 Å². The summed E-state index contributed by atoms with van der Waals surface area (Å²) in [4.78, 5) is -0.665. The van der Waals surface area contributed by atoms with Crippen LogP contribution in [0.1, 0.15) is 19.4 Å². The van der Waals surface area contributed by atoms with Crippen molar-refractivity contribution in [1.82, 2.24) is 4.31 Å². The van der Waals surface area contributed by atoms with Crippen molar-refractivity contribution in [3.8, 4) is 0 Å². The molecule has 0 saturated heterocycles. The fourth-order valence-electron chi connectivity index (χ4n) is 1.58. The highest BCUT2D eigenvalue weighted by Crippen LogP contribution is 2.23. The molecule has 102 valence electrons. The van der Waals surface area contributed by atoms with Gasteiger partial charge in [-0.1, -0.05) is 13.8 Å². The Morgan fingerprint density at radius 1 is 1.22 bits per heavy atom. The molecule has 1 rings (SSSR count). The smallest absolute Gasteiger partial charge is 0.207 e. The van der Waals surface area contributed by atoms with Gasteiger partial charge in [-0.25, -0.2) is 17.2 Å². The van der Waals surface area contributed by atoms with Gasteiger partial charge in [0.1, 0.15) is 4.90 Å². The Hall–Kier alpha value is -0.720. The minimum atomic E-state index is -4.03. The van der Waals surface area contributed by atoms with E-state index in [0.717, 1.165) is 16.4 Å². The molecular formula is C11H14ClF2NO2S. The van der Waals surface area contributed by atoms with Gasteiger partial charge in [-0.2, -0.15) is 4.31 Å². The Bertz CT molecular complexity index is 530. The molecule has 0 atom stereocenters. The van der Waals surface area contributed by atoms with Crippen LogP contribution in [0.3, 0.4) is 0 Å². The van der Waals surface area contributed by atoms with Crippen LogP contribution in [0.5, 0.6) is 0 Å². The maximum Gasteiger partial charge on any atom is 0.246 e. The Morgan fingerprint density at radius 3 is 2.22 bits per heavy atom. The van der Waals surface area contributed by atoms with Crippen LogP contribution in [-0.4, -0.2) is 25.8 Å². The van der Waals surface area contributed by atoms with Crippen molar-refractivity contribution < 1.29 is 17.2 Å². The molecule has 0 N–H and O–H groups in total. The van der Waals surface area contributed by atoms with Gasteiger partial charge in [-0.05, 0) is 17.7 Å². The second kappa shape index (κ2) is 5.95. The molecule has 1 aromatic rings. The van der Waals surface area contributed by atoms with E-state index in [2.05, 4.69) is 0 Å². The van der Waals surface area contributed by atoms with Crippen LogP contribution in [0.2, 0.25) is 0 Å². The van der Waals surface area contributed by atoms with Crippen molar-refractivity contribution in [2.45, 2.75) is 24.6 Å². The number of halogens is 3. The summed E-state index contributed by atoms with van der Waals surface area (Å²) in [5, 5.41) is 0. The number of nitrogens with zero attached hydrogens (tertiary/aromatic N) is 1. The molecular weight excluding hydrogens is 284 g/mol. The van der Waals surface area contributed by atoms with E-state index in [1.165, 1.54) is 0 Å². The molecule has 18 heavy (non-hydrogen) atoms. The molecule has 0 aromatic heterocycles. The van der Waals surface area contributed by atoms with Crippen molar-refractivity contribution >= 4 is 21.6 Å². The van der Waals surface area contributed by atoms with Crippen LogP contribution in [0.4, 0.5) is 8.78 Å². The van der Waals surface area contributed by atoms with Gasteiger partial charge in [0.25, 0.3) is 0 Å². The van der Waals surface area contributed by atoms with E-state index < -0.39 is 26.6 Å². The van der Waals surface area contributed by atoms with Crippen molar-refractivity contribution in [2.24, 2.45) is 0 Å². The Kier molecular flexibility index (Phi) is 5.07. The lowest BCUT2D eigenvalue weighted by molar-refractivity contribution is 0.432. The highest BCUT2D eigenvalue weighted by Gasteiger charge is 2.27. The summed E-state index contributed by atoms with van der Waals surface area (Å²) >= 11 is 5.52. The zero-order chi connectivity index (χ0) is 13.9. The largest absolute Gasteiger partial charge is 0.246 e. The van der Waals surface area contributed by atoms with E-state index in [9.17, 15) is 17.2 Å². The van der Waals surface area contributed by atoms with Gasteiger partial charge < -0.3 is 0 Å². The number of hydrogen-bond acceptors (Lipinski definition) is 2. The molecule has 0 heterocycles. The third kappa shape index (κ3) is 2.81. The van der Waals surface area contributed by atoms with E-state index in [0.29, 0.717) is 0 Å². The Balaban J connectivity index is 3.45. The standard InChI is InChI=1S/C11H14ClF2NO2S/c1-3-15(4-2)18(16,17)10-6-8(7-12)5-9(13)11(10)14/h5-6H,3-4,7H2,1-2H3. The number of alkyl halides is 1. The topological polar surface area (TPSA) is 37.4 Å². The van der Waals surface area contributed by atoms with E-state index in [1.54, 1.807) is 13.8 Å². The molecule has 3 nitrogen and oxygen atoms in total. The molecule has 0 fully saturated rings. The van der Waals surface area contributed by atoms with E-state index in [4.69, 9.17) is 11.6 Å². The second-order valence-corrected chi connectivity index (χ2v) is 5.79. The van der Waals surface area contributed by atoms with Gasteiger partial charge >= 0.3 is 0 Å². The van der Waals surface area contributed by atoms with Gasteiger partial charge in [0, 0.05) is 19.0 Å². The fourth-order valence-corrected chi connectivity index (χ4v) is 3.32. The Labute approximate surface area is 110 Å². The van der Waals surface area contributed by atoms with Crippen molar-refractivity contribution in [2.75, 3.05) is 13.1 Å². The van der Waals surface area contributed by atoms with Crippen LogP contribution in [0, 0.1) is 11.6 Å². The summed E-state index contributed by atoms with van der Waals surface area (Å²) in [7, 11) is -4.03. The van der Waals surface area contributed by atoms with Crippen LogP contribution < -0.4 is 0 Å². The molecule has 0 radical (unpaired) electrons. The molecule has 0 unspecified atom stereocenters. The summed E-state index contributed by atoms with van der Waals surface area (Å²) in [5.41, 5.74) is 0.223. The molecule has 7 heteroatoms. The van der Waals surface area contributed by atoms with E-state index in [1.807, 2.05) is 0 Å². The number of rotatable bonds is 5. The van der Waals surface area contributed by atoms with Crippen molar-refractivity contribution in [3.63, 3.8) is 0 Å². The highest BCUT2D eigenvalue weighted by atomic mass is 35.5. The summed E-state index contributed by atoms with van der Waals surface area (Å²) in [6.45, 7) is 3.62. The second-order valence-electron chi connectivity index (χ2n) is 3.61. The normalized spacial score (nSPS) is 12.1. The van der Waals surface area contributed by atoms with Crippen LogP contribution in [0.25, 0.3) is 0 Å². The lowest BCUT2D eigenvalue weighted by atomic mass is 10.2. The molecule has 0 aliphatic carbocycles. The first-order chi connectivity index (χ1) is 8.38. The van der Waals surface area contributed by atoms with Gasteiger partial charge in [-0.3, -0.25) is 0 Å². The van der Waals surface area contributed by atoms with Gasteiger partial charge in [-0.15, -0.1) is 11.6 Å². The number of sulfonamides is 1. The molecule has 0 aliphatic rings. The average Bonchev–Trinajstić information content (AvgIpc) is 2.33. The molecule has 0 saturated carbocycles. The maximum atomic E-state index is 13.6. The van der Waals surface area contributed by atoms with Crippen molar-refractivity contribution in [1.29, 1.82) is 0 Å². The van der Waals surface area contributed by atoms with Crippen LogP contribution in [-0.2, 0) is 15.9 Å². The number of hydrogen-bond donors (Lipinski definition) is 0. The molecule has 1 aromatic carbocycles. The van der Waals surface area contributed by atoms with E-state index in [-0.39, 0.29) is 24.5 Å². The predicted molar refractivity (Wildman–Crippen MR) is 66.0 cm³/mol. The SMILES string of the molecule is CCN(CC)S(=O)(=O)c1cc(CCl)cc(F)c1F. The third-order valence-electron chi connectivity index (χ3n) is 2.53. The Morgan fingerprint density at radius 2 is 1.78 bits per heavy atom. The van der Waals surface area contributed by atoms with Gasteiger partial charge in [0.2, 0.25) is 10.0 Å². The minimum Gasteiger partial charge on any atom is -0.207 e. The highest BCUT2D eigenvalue weighted by molar-refractivity contribution is 7.89. The molecule has 0 aliphatic heterocycles. The zero-order valence-corrected chi connectivity index (χ0v) is 11.7. The molecule has 0 bridgehead atoms. The molecule has 0 amide bonds. The first kappa shape index (κ1) is 15.3. The van der Waals surface area contributed by atoms with Gasteiger partial charge in [0.15, 0.2) is 11.6 Å². The summed E-state index contributed by atoms with van der Waals surface area (Å²) < 4.78 is 52.2. The van der Waals surface area contributed by atoms with Crippen LogP contribution in [0.15, 0.2) is 17.0 Å². The summed E-state index contributed by atoms with van der Waals surface area (Å²) in [6, 6.07) is 1.96. The monoisotopic (exact) mass is 297 g/mol. The fraction of sp³-hybridized carbons (Fsp3) is 0.455. The summed E-state index contributed by atoms with van der Waals surface area (Å²) in [6.07, 6.45) is 0. The van der Waals surface area contributed by atoms with Crippen molar-refractivity contribution in [3.05, 3.63) is 29.3 Å². The van der Waals surface area contributed by atoms with Crippen LogP contribution >= 0.6 is 11.6 Å². The lowest BCUT2D eigenvalue weighted by Crippen LogP contribution is -2.31. The lowest BCUT2D eigenvalue weighted by Gasteiger charge is -2.19. The average molecular weight is 298 g/mol. The first-order valence-corrected chi connectivity index (χ1v) is 7.39. The quantitative estimate of drug-likeness (QED) is 0.784.